The van der Waals surface area contributed by atoms with Crippen molar-refractivity contribution >= 4 is 15.7 Å². The van der Waals surface area contributed by atoms with E-state index in [9.17, 15) is 13.2 Å². The zero-order valence-electron chi connectivity index (χ0n) is 16.7. The Hall–Kier alpha value is -2.48. The van der Waals surface area contributed by atoms with Crippen molar-refractivity contribution in [2.45, 2.75) is 41.9 Å². The first kappa shape index (κ1) is 19.8. The monoisotopic (exact) mass is 415 g/mol. The molecule has 2 heterocycles. The number of amides is 1. The Morgan fingerprint density at radius 2 is 1.97 bits per heavy atom. The van der Waals surface area contributed by atoms with Gasteiger partial charge in [0.25, 0.3) is 0 Å². The first-order valence-electron chi connectivity index (χ1n) is 9.79. The lowest BCUT2D eigenvalue weighted by Gasteiger charge is -2.35. The van der Waals surface area contributed by atoms with E-state index in [0.717, 1.165) is 37.0 Å². The van der Waals surface area contributed by atoms with Gasteiger partial charge < -0.3 is 9.64 Å². The second-order valence-electron chi connectivity index (χ2n) is 7.95. The molecular formula is C21H25N3O4S. The molecule has 0 bridgehead atoms. The van der Waals surface area contributed by atoms with E-state index < -0.39 is 15.3 Å². The number of piperidine rings is 1. The van der Waals surface area contributed by atoms with Crippen LogP contribution in [-0.4, -0.2) is 55.6 Å². The van der Waals surface area contributed by atoms with Crippen molar-refractivity contribution in [3.05, 3.63) is 48.0 Å². The molecule has 154 valence electrons. The van der Waals surface area contributed by atoms with E-state index in [1.165, 1.54) is 18.8 Å². The third-order valence-electron chi connectivity index (χ3n) is 6.00. The zero-order valence-corrected chi connectivity index (χ0v) is 17.5. The van der Waals surface area contributed by atoms with Crippen molar-refractivity contribution in [3.63, 3.8) is 0 Å². The van der Waals surface area contributed by atoms with E-state index in [-0.39, 0.29) is 16.7 Å². The van der Waals surface area contributed by atoms with Gasteiger partial charge in [0.05, 0.1) is 18.2 Å². The first-order valence-corrected chi connectivity index (χ1v) is 11.7. The predicted molar refractivity (Wildman–Crippen MR) is 108 cm³/mol. The molecule has 0 radical (unpaired) electrons. The van der Waals surface area contributed by atoms with Gasteiger partial charge in [0.15, 0.2) is 9.84 Å². The van der Waals surface area contributed by atoms with Gasteiger partial charge in [0.2, 0.25) is 5.91 Å². The normalized spacial score (nSPS) is 20.9. The molecule has 8 heteroatoms. The molecule has 1 aromatic heterocycles. The molecule has 0 spiro atoms. The zero-order chi connectivity index (χ0) is 20.6. The van der Waals surface area contributed by atoms with Crippen molar-refractivity contribution in [1.82, 2.24) is 14.9 Å². The van der Waals surface area contributed by atoms with Gasteiger partial charge >= 0.3 is 0 Å². The van der Waals surface area contributed by atoms with E-state index in [1.54, 1.807) is 7.11 Å². The van der Waals surface area contributed by atoms with Crippen LogP contribution in [0.5, 0.6) is 5.75 Å². The van der Waals surface area contributed by atoms with Gasteiger partial charge in [-0.15, -0.1) is 0 Å². The molecule has 1 aliphatic carbocycles. The van der Waals surface area contributed by atoms with Crippen LogP contribution >= 0.6 is 0 Å². The number of likely N-dealkylation sites (tertiary alicyclic amines) is 1. The molecule has 7 nitrogen and oxygen atoms in total. The molecular weight excluding hydrogens is 390 g/mol. The average Bonchev–Trinajstić information content (AvgIpc) is 3.55. The van der Waals surface area contributed by atoms with Crippen LogP contribution in [0.1, 0.15) is 42.9 Å². The Morgan fingerprint density at radius 1 is 1.24 bits per heavy atom. The average molecular weight is 416 g/mol. The maximum atomic E-state index is 13.4. The smallest absolute Gasteiger partial charge is 0.233 e. The summed E-state index contributed by atoms with van der Waals surface area (Å²) in [6.07, 6.45) is 7.20. The number of benzene rings is 1. The summed E-state index contributed by atoms with van der Waals surface area (Å²) < 4.78 is 29.5. The van der Waals surface area contributed by atoms with Crippen LogP contribution in [0.4, 0.5) is 0 Å². The van der Waals surface area contributed by atoms with Gasteiger partial charge in [-0.2, -0.15) is 0 Å². The van der Waals surface area contributed by atoms with Gasteiger partial charge in [0, 0.05) is 31.5 Å². The third-order valence-corrected chi connectivity index (χ3v) is 7.12. The molecule has 4 rings (SSSR count). The molecule has 2 aromatic rings. The summed E-state index contributed by atoms with van der Waals surface area (Å²) in [5, 5.41) is 0. The number of carbonyl (C=O) groups is 1. The SMILES string of the molecule is COc1ccc(C2(C(=O)N3CCC[C@@H](c4ncncc4S(C)(=O)=O)C3)CC2)cc1. The molecule has 1 aromatic carbocycles. The van der Waals surface area contributed by atoms with Crippen LogP contribution in [0.15, 0.2) is 41.7 Å². The fraction of sp³-hybridized carbons (Fsp3) is 0.476. The number of ether oxygens (including phenoxy) is 1. The molecule has 29 heavy (non-hydrogen) atoms. The summed E-state index contributed by atoms with van der Waals surface area (Å²) >= 11 is 0. The highest BCUT2D eigenvalue weighted by Crippen LogP contribution is 2.50. The lowest BCUT2D eigenvalue weighted by molar-refractivity contribution is -0.135. The molecule has 1 aliphatic heterocycles. The summed E-state index contributed by atoms with van der Waals surface area (Å²) in [5.74, 6) is 0.793. The summed E-state index contributed by atoms with van der Waals surface area (Å²) in [6, 6.07) is 7.72. The second-order valence-corrected chi connectivity index (χ2v) is 9.93. The lowest BCUT2D eigenvalue weighted by Crippen LogP contribution is -2.44. The molecule has 2 aliphatic rings. The topological polar surface area (TPSA) is 89.5 Å². The van der Waals surface area contributed by atoms with E-state index in [2.05, 4.69) is 9.97 Å². The van der Waals surface area contributed by atoms with Crippen LogP contribution in [0.2, 0.25) is 0 Å². The van der Waals surface area contributed by atoms with Gasteiger partial charge in [-0.1, -0.05) is 12.1 Å². The molecule has 1 saturated carbocycles. The minimum absolute atomic E-state index is 0.105. The Kier molecular flexibility index (Phi) is 5.06. The predicted octanol–water partition coefficient (Wildman–Crippen LogP) is 2.33. The number of nitrogens with zero attached hydrogens (tertiary/aromatic N) is 3. The molecule has 1 atom stereocenters. The quantitative estimate of drug-likeness (QED) is 0.745. The fourth-order valence-electron chi connectivity index (χ4n) is 4.27. The summed E-state index contributed by atoms with van der Waals surface area (Å²) in [5.41, 5.74) is 1.08. The number of hydrogen-bond acceptors (Lipinski definition) is 6. The summed E-state index contributed by atoms with van der Waals surface area (Å²) in [4.78, 5) is 23.6. The maximum Gasteiger partial charge on any atom is 0.233 e. The second kappa shape index (κ2) is 7.40. The Balaban J connectivity index is 1.57. The number of sulfone groups is 1. The molecule has 1 saturated heterocycles. The maximum absolute atomic E-state index is 13.4. The van der Waals surface area contributed by atoms with Gasteiger partial charge in [0.1, 0.15) is 17.0 Å². The van der Waals surface area contributed by atoms with Crippen LogP contribution in [0, 0.1) is 0 Å². The van der Waals surface area contributed by atoms with E-state index in [1.807, 2.05) is 29.2 Å². The Morgan fingerprint density at radius 3 is 2.59 bits per heavy atom. The van der Waals surface area contributed by atoms with Gasteiger partial charge in [-0.3, -0.25) is 4.79 Å². The van der Waals surface area contributed by atoms with Gasteiger partial charge in [-0.25, -0.2) is 18.4 Å². The van der Waals surface area contributed by atoms with E-state index in [4.69, 9.17) is 4.74 Å². The van der Waals surface area contributed by atoms with Crippen LogP contribution in [-0.2, 0) is 20.0 Å². The third kappa shape index (κ3) is 3.73. The Bertz CT molecular complexity index is 1020. The number of aromatic nitrogens is 2. The van der Waals surface area contributed by atoms with Crippen molar-refractivity contribution in [2.24, 2.45) is 0 Å². The Labute approximate surface area is 171 Å². The summed E-state index contributed by atoms with van der Waals surface area (Å²) in [6.45, 7) is 1.17. The molecule has 2 fully saturated rings. The number of carbonyl (C=O) groups excluding carboxylic acids is 1. The highest BCUT2D eigenvalue weighted by Gasteiger charge is 2.53. The van der Waals surface area contributed by atoms with Crippen molar-refractivity contribution in [3.8, 4) is 5.75 Å². The van der Waals surface area contributed by atoms with E-state index in [0.29, 0.717) is 18.8 Å². The largest absolute Gasteiger partial charge is 0.497 e. The minimum Gasteiger partial charge on any atom is -0.497 e. The summed E-state index contributed by atoms with van der Waals surface area (Å²) in [7, 11) is -1.80. The minimum atomic E-state index is -3.43. The number of rotatable bonds is 5. The van der Waals surface area contributed by atoms with Crippen LogP contribution < -0.4 is 4.74 Å². The van der Waals surface area contributed by atoms with Crippen molar-refractivity contribution in [2.75, 3.05) is 26.5 Å². The molecule has 0 unspecified atom stereocenters. The van der Waals surface area contributed by atoms with E-state index >= 15 is 0 Å². The molecule has 0 N–H and O–H groups in total. The number of methoxy groups -OCH3 is 1. The standard InChI is InChI=1S/C21H25N3O4S/c1-28-17-7-5-16(6-8-17)21(9-10-21)20(25)24-11-3-4-15(13-24)19-18(29(2,26)27)12-22-14-23-19/h5-8,12,14-15H,3-4,9-11,13H2,1-2H3/t15-/m1/s1. The van der Waals surface area contributed by atoms with Gasteiger partial charge in [-0.05, 0) is 43.4 Å². The fourth-order valence-corrected chi connectivity index (χ4v) is 5.12. The highest BCUT2D eigenvalue weighted by molar-refractivity contribution is 7.90. The highest BCUT2D eigenvalue weighted by atomic mass is 32.2. The van der Waals surface area contributed by atoms with Crippen LogP contribution in [0.3, 0.4) is 0 Å². The lowest BCUT2D eigenvalue weighted by atomic mass is 9.90. The first-order chi connectivity index (χ1) is 13.8. The van der Waals surface area contributed by atoms with Crippen LogP contribution in [0.25, 0.3) is 0 Å². The number of hydrogen-bond donors (Lipinski definition) is 0. The van der Waals surface area contributed by atoms with Crippen molar-refractivity contribution in [1.29, 1.82) is 0 Å². The molecule has 1 amide bonds. The van der Waals surface area contributed by atoms with Crippen molar-refractivity contribution < 1.29 is 17.9 Å².